The van der Waals surface area contributed by atoms with Gasteiger partial charge in [-0.25, -0.2) is 4.98 Å². The van der Waals surface area contributed by atoms with E-state index in [-0.39, 0.29) is 5.41 Å². The van der Waals surface area contributed by atoms with Crippen molar-refractivity contribution in [2.75, 3.05) is 0 Å². The molecule has 0 amide bonds. The molecule has 5 rings (SSSR count). The SMILES string of the molecule is CC(C)(C)c1ccc(-c2ccc3c(ccc4c5ccnc(Cl)c5ccc34)c2)cn1. The fourth-order valence-corrected chi connectivity index (χ4v) is 4.19. The summed E-state index contributed by atoms with van der Waals surface area (Å²) in [5.74, 6) is 0. The normalized spacial score (nSPS) is 12.1. The first-order chi connectivity index (χ1) is 13.9. The minimum Gasteiger partial charge on any atom is -0.260 e. The molecule has 2 nitrogen and oxygen atoms in total. The zero-order chi connectivity index (χ0) is 20.2. The van der Waals surface area contributed by atoms with E-state index in [9.17, 15) is 0 Å². The third-order valence-corrected chi connectivity index (χ3v) is 5.88. The molecule has 0 atom stereocenters. The number of halogens is 1. The minimum absolute atomic E-state index is 0.0576. The summed E-state index contributed by atoms with van der Waals surface area (Å²) in [5.41, 5.74) is 3.48. The second-order valence-electron chi connectivity index (χ2n) is 8.54. The van der Waals surface area contributed by atoms with E-state index in [1.807, 2.05) is 12.3 Å². The van der Waals surface area contributed by atoms with Crippen molar-refractivity contribution in [3.63, 3.8) is 0 Å². The Balaban J connectivity index is 1.66. The number of hydrogen-bond acceptors (Lipinski definition) is 2. The Hall–Kier alpha value is -2.97. The molecule has 0 radical (unpaired) electrons. The zero-order valence-corrected chi connectivity index (χ0v) is 17.5. The van der Waals surface area contributed by atoms with Crippen molar-refractivity contribution in [3.8, 4) is 11.1 Å². The van der Waals surface area contributed by atoms with Crippen molar-refractivity contribution < 1.29 is 0 Å². The first kappa shape index (κ1) is 18.1. The first-order valence-electron chi connectivity index (χ1n) is 9.78. The van der Waals surface area contributed by atoms with E-state index in [0.29, 0.717) is 5.15 Å². The Labute approximate surface area is 175 Å². The number of nitrogens with zero attached hydrogens (tertiary/aromatic N) is 2. The summed E-state index contributed by atoms with van der Waals surface area (Å²) in [6.45, 7) is 6.55. The molecule has 2 aromatic heterocycles. The zero-order valence-electron chi connectivity index (χ0n) is 16.7. The summed E-state index contributed by atoms with van der Waals surface area (Å²) in [6, 6.07) is 21.5. The van der Waals surface area contributed by atoms with Gasteiger partial charge in [-0.2, -0.15) is 0 Å². The second kappa shape index (κ2) is 6.53. The predicted octanol–water partition coefficient (Wildman–Crippen LogP) is 7.55. The average Bonchev–Trinajstić information content (AvgIpc) is 2.72. The van der Waals surface area contributed by atoms with Crippen LogP contribution in [0.1, 0.15) is 26.5 Å². The molecule has 0 N–H and O–H groups in total. The molecule has 0 spiro atoms. The highest BCUT2D eigenvalue weighted by atomic mass is 35.5. The Morgan fingerprint density at radius 2 is 1.31 bits per heavy atom. The van der Waals surface area contributed by atoms with Crippen LogP contribution in [0.5, 0.6) is 0 Å². The van der Waals surface area contributed by atoms with Gasteiger partial charge in [0.15, 0.2) is 0 Å². The fraction of sp³-hybridized carbons (Fsp3) is 0.154. The molecule has 0 aliphatic heterocycles. The average molecular weight is 397 g/mol. The third-order valence-electron chi connectivity index (χ3n) is 5.58. The van der Waals surface area contributed by atoms with Crippen LogP contribution in [0, 0.1) is 0 Å². The largest absolute Gasteiger partial charge is 0.260 e. The van der Waals surface area contributed by atoms with Crippen LogP contribution in [0.25, 0.3) is 43.4 Å². The van der Waals surface area contributed by atoms with Gasteiger partial charge in [-0.1, -0.05) is 74.8 Å². The smallest absolute Gasteiger partial charge is 0.136 e. The molecule has 0 saturated heterocycles. The lowest BCUT2D eigenvalue weighted by Gasteiger charge is -2.17. The predicted molar refractivity (Wildman–Crippen MR) is 124 cm³/mol. The molecule has 5 aromatic rings. The maximum atomic E-state index is 6.29. The lowest BCUT2D eigenvalue weighted by molar-refractivity contribution is 0.569. The molecule has 0 bridgehead atoms. The number of benzene rings is 3. The molecule has 2 heterocycles. The van der Waals surface area contributed by atoms with Crippen molar-refractivity contribution in [2.45, 2.75) is 26.2 Å². The topological polar surface area (TPSA) is 25.8 Å². The number of hydrogen-bond donors (Lipinski definition) is 0. The van der Waals surface area contributed by atoms with E-state index >= 15 is 0 Å². The van der Waals surface area contributed by atoms with Crippen LogP contribution < -0.4 is 0 Å². The van der Waals surface area contributed by atoms with Crippen molar-refractivity contribution in [2.24, 2.45) is 0 Å². The van der Waals surface area contributed by atoms with Crippen LogP contribution in [-0.2, 0) is 5.41 Å². The summed E-state index contributed by atoms with van der Waals surface area (Å²) in [4.78, 5) is 8.88. The third kappa shape index (κ3) is 3.04. The van der Waals surface area contributed by atoms with Gasteiger partial charge in [-0.3, -0.25) is 4.98 Å². The van der Waals surface area contributed by atoms with E-state index < -0.39 is 0 Å². The monoisotopic (exact) mass is 396 g/mol. The number of rotatable bonds is 1. The number of fused-ring (bicyclic) bond motifs is 5. The Bertz CT molecular complexity index is 1380. The molecule has 3 aromatic carbocycles. The van der Waals surface area contributed by atoms with Crippen LogP contribution in [0.15, 0.2) is 73.1 Å². The molecule has 0 saturated carbocycles. The van der Waals surface area contributed by atoms with E-state index in [4.69, 9.17) is 11.6 Å². The summed E-state index contributed by atoms with van der Waals surface area (Å²) in [5, 5.41) is 7.55. The van der Waals surface area contributed by atoms with Crippen molar-refractivity contribution >= 4 is 43.9 Å². The molecular formula is C26H21ClN2. The van der Waals surface area contributed by atoms with Crippen molar-refractivity contribution in [1.29, 1.82) is 0 Å². The molecule has 0 unspecified atom stereocenters. The van der Waals surface area contributed by atoms with E-state index in [1.54, 1.807) is 6.20 Å². The van der Waals surface area contributed by atoms with Gasteiger partial charge in [0, 0.05) is 34.5 Å². The van der Waals surface area contributed by atoms with Crippen LogP contribution >= 0.6 is 11.6 Å². The quantitative estimate of drug-likeness (QED) is 0.216. The van der Waals surface area contributed by atoms with Crippen molar-refractivity contribution in [3.05, 3.63) is 83.9 Å². The van der Waals surface area contributed by atoms with Gasteiger partial charge in [-0.15, -0.1) is 0 Å². The van der Waals surface area contributed by atoms with Gasteiger partial charge in [0.25, 0.3) is 0 Å². The summed E-state index contributed by atoms with van der Waals surface area (Å²) >= 11 is 6.29. The summed E-state index contributed by atoms with van der Waals surface area (Å²) in [7, 11) is 0. The maximum absolute atomic E-state index is 6.29. The van der Waals surface area contributed by atoms with Gasteiger partial charge in [-0.05, 0) is 50.7 Å². The van der Waals surface area contributed by atoms with E-state index in [1.165, 1.54) is 27.1 Å². The molecule has 3 heteroatoms. The van der Waals surface area contributed by atoms with Crippen LogP contribution in [0.2, 0.25) is 5.15 Å². The summed E-state index contributed by atoms with van der Waals surface area (Å²) in [6.07, 6.45) is 3.75. The molecule has 0 fully saturated rings. The molecule has 0 aliphatic rings. The van der Waals surface area contributed by atoms with Gasteiger partial charge in [0.2, 0.25) is 0 Å². The molecule has 0 aliphatic carbocycles. The molecule has 142 valence electrons. The van der Waals surface area contributed by atoms with Crippen LogP contribution in [0.4, 0.5) is 0 Å². The van der Waals surface area contributed by atoms with E-state index in [0.717, 1.165) is 22.0 Å². The standard InChI is InChI=1S/C26H21ClN2/c1-26(2,3)24-11-6-18(15-29-24)16-4-7-19-17(14-16)5-8-21-20(19)9-10-23-22(21)12-13-28-25(23)27/h4-15H,1-3H3. The molecular weight excluding hydrogens is 376 g/mol. The van der Waals surface area contributed by atoms with Gasteiger partial charge in [0.05, 0.1) is 0 Å². The lowest BCUT2D eigenvalue weighted by atomic mass is 9.91. The van der Waals surface area contributed by atoms with Crippen LogP contribution in [0.3, 0.4) is 0 Å². The minimum atomic E-state index is 0.0576. The van der Waals surface area contributed by atoms with Gasteiger partial charge < -0.3 is 0 Å². The Kier molecular flexibility index (Phi) is 4.07. The highest BCUT2D eigenvalue weighted by molar-refractivity contribution is 6.35. The highest BCUT2D eigenvalue weighted by Crippen LogP contribution is 2.35. The first-order valence-corrected chi connectivity index (χ1v) is 10.2. The second-order valence-corrected chi connectivity index (χ2v) is 8.90. The summed E-state index contributed by atoms with van der Waals surface area (Å²) < 4.78 is 0. The Morgan fingerprint density at radius 1 is 0.655 bits per heavy atom. The number of pyridine rings is 2. The maximum Gasteiger partial charge on any atom is 0.136 e. The number of aromatic nitrogens is 2. The van der Waals surface area contributed by atoms with Gasteiger partial charge in [0.1, 0.15) is 5.15 Å². The highest BCUT2D eigenvalue weighted by Gasteiger charge is 2.15. The molecule has 29 heavy (non-hydrogen) atoms. The van der Waals surface area contributed by atoms with Crippen LogP contribution in [-0.4, -0.2) is 9.97 Å². The van der Waals surface area contributed by atoms with Crippen molar-refractivity contribution in [1.82, 2.24) is 9.97 Å². The lowest BCUT2D eigenvalue weighted by Crippen LogP contribution is -2.12. The van der Waals surface area contributed by atoms with E-state index in [2.05, 4.69) is 85.3 Å². The fourth-order valence-electron chi connectivity index (χ4n) is 3.96. The van der Waals surface area contributed by atoms with Gasteiger partial charge >= 0.3 is 0 Å². The Morgan fingerprint density at radius 3 is 2.07 bits per heavy atom.